The van der Waals surface area contributed by atoms with E-state index < -0.39 is 0 Å². The van der Waals surface area contributed by atoms with Gasteiger partial charge >= 0.3 is 0 Å². The third-order valence-electron chi connectivity index (χ3n) is 2.94. The monoisotopic (exact) mass is 303 g/mol. The molecule has 0 aromatic carbocycles. The van der Waals surface area contributed by atoms with Gasteiger partial charge in [-0.3, -0.25) is 4.68 Å². The van der Waals surface area contributed by atoms with E-state index in [0.717, 1.165) is 18.8 Å². The quantitative estimate of drug-likeness (QED) is 0.756. The number of hydrogen-bond donors (Lipinski definition) is 0. The first-order valence-electron chi connectivity index (χ1n) is 5.85. The maximum absolute atomic E-state index is 5.39. The summed E-state index contributed by atoms with van der Waals surface area (Å²) in [6.07, 6.45) is 1.80. The van der Waals surface area contributed by atoms with Gasteiger partial charge in [0, 0.05) is 17.3 Å². The Hall–Kier alpha value is -0.550. The molecule has 2 atom stereocenters. The van der Waals surface area contributed by atoms with Crippen LogP contribution in [0.1, 0.15) is 25.5 Å². The fourth-order valence-corrected chi connectivity index (χ4v) is 1.94. The van der Waals surface area contributed by atoms with Gasteiger partial charge in [0.15, 0.2) is 5.75 Å². The van der Waals surface area contributed by atoms with Crippen LogP contribution in [0.4, 0.5) is 0 Å². The van der Waals surface area contributed by atoms with Gasteiger partial charge in [-0.15, -0.1) is 0 Å². The number of likely N-dealkylation sites (N-methyl/N-ethyl adjacent to an activating group) is 1. The first-order valence-corrected chi connectivity index (χ1v) is 6.77. The van der Waals surface area contributed by atoms with Crippen LogP contribution < -0.4 is 4.74 Å². The number of aromatic nitrogens is 2. The van der Waals surface area contributed by atoms with E-state index in [1.165, 1.54) is 5.69 Å². The molecule has 0 saturated heterocycles. The molecule has 0 N–H and O–H groups in total. The molecule has 0 fully saturated rings. The zero-order valence-corrected chi connectivity index (χ0v) is 12.9. The molecule has 0 aliphatic carbocycles. The SMILES string of the molecule is COc1cnn(CCN(C)C)c1C(C)C(C)Br. The molecule has 0 spiro atoms. The number of nitrogens with zero attached hydrogens (tertiary/aromatic N) is 3. The van der Waals surface area contributed by atoms with Crippen molar-refractivity contribution in [2.75, 3.05) is 27.7 Å². The van der Waals surface area contributed by atoms with E-state index in [1.807, 2.05) is 4.68 Å². The normalized spacial score (nSPS) is 15.0. The van der Waals surface area contributed by atoms with Gasteiger partial charge in [0.25, 0.3) is 0 Å². The van der Waals surface area contributed by atoms with Crippen molar-refractivity contribution >= 4 is 15.9 Å². The highest BCUT2D eigenvalue weighted by molar-refractivity contribution is 9.09. The number of alkyl halides is 1. The molecule has 5 heteroatoms. The largest absolute Gasteiger partial charge is 0.493 e. The van der Waals surface area contributed by atoms with E-state index in [0.29, 0.717) is 10.7 Å². The van der Waals surface area contributed by atoms with E-state index in [2.05, 4.69) is 53.9 Å². The molecule has 0 aliphatic rings. The molecule has 17 heavy (non-hydrogen) atoms. The van der Waals surface area contributed by atoms with Crippen LogP contribution in [0.3, 0.4) is 0 Å². The molecule has 1 heterocycles. The van der Waals surface area contributed by atoms with Crippen LogP contribution in [0.25, 0.3) is 0 Å². The fourth-order valence-electron chi connectivity index (χ4n) is 1.68. The van der Waals surface area contributed by atoms with Crippen molar-refractivity contribution in [1.29, 1.82) is 0 Å². The van der Waals surface area contributed by atoms with Gasteiger partial charge in [-0.25, -0.2) is 0 Å². The fraction of sp³-hybridized carbons (Fsp3) is 0.750. The second kappa shape index (κ2) is 6.40. The van der Waals surface area contributed by atoms with Crippen LogP contribution in [0.15, 0.2) is 6.20 Å². The third kappa shape index (κ3) is 3.71. The summed E-state index contributed by atoms with van der Waals surface area (Å²) >= 11 is 3.63. The van der Waals surface area contributed by atoms with Gasteiger partial charge in [-0.2, -0.15) is 5.10 Å². The van der Waals surface area contributed by atoms with Gasteiger partial charge in [0.1, 0.15) is 0 Å². The van der Waals surface area contributed by atoms with Crippen LogP contribution >= 0.6 is 15.9 Å². The second-order valence-corrected chi connectivity index (χ2v) is 6.04. The van der Waals surface area contributed by atoms with Crippen molar-refractivity contribution < 1.29 is 4.74 Å². The molecular formula is C12H22BrN3O. The van der Waals surface area contributed by atoms with E-state index in [1.54, 1.807) is 13.3 Å². The highest BCUT2D eigenvalue weighted by Gasteiger charge is 2.21. The van der Waals surface area contributed by atoms with Gasteiger partial charge in [-0.1, -0.05) is 29.8 Å². The van der Waals surface area contributed by atoms with Gasteiger partial charge in [0.05, 0.1) is 25.5 Å². The van der Waals surface area contributed by atoms with Crippen molar-refractivity contribution in [1.82, 2.24) is 14.7 Å². The number of ether oxygens (including phenoxy) is 1. The lowest BCUT2D eigenvalue weighted by atomic mass is 10.0. The lowest BCUT2D eigenvalue weighted by Crippen LogP contribution is -2.22. The van der Waals surface area contributed by atoms with Gasteiger partial charge < -0.3 is 9.64 Å². The Morgan fingerprint density at radius 2 is 2.12 bits per heavy atom. The lowest BCUT2D eigenvalue weighted by Gasteiger charge is -2.19. The van der Waals surface area contributed by atoms with Crippen molar-refractivity contribution in [2.24, 2.45) is 0 Å². The van der Waals surface area contributed by atoms with Crippen LogP contribution in [0.2, 0.25) is 0 Å². The molecule has 0 radical (unpaired) electrons. The minimum absolute atomic E-state index is 0.370. The Bertz CT molecular complexity index is 350. The molecule has 2 unspecified atom stereocenters. The van der Waals surface area contributed by atoms with E-state index in [9.17, 15) is 0 Å². The molecule has 1 aromatic heterocycles. The second-order valence-electron chi connectivity index (χ2n) is 4.59. The Kier molecular flexibility index (Phi) is 5.46. The first kappa shape index (κ1) is 14.5. The van der Waals surface area contributed by atoms with Crippen LogP contribution in [-0.4, -0.2) is 47.3 Å². The van der Waals surface area contributed by atoms with Crippen molar-refractivity contribution in [3.05, 3.63) is 11.9 Å². The Balaban J connectivity index is 2.93. The predicted octanol–water partition coefficient (Wildman–Crippen LogP) is 2.34. The average Bonchev–Trinajstić information content (AvgIpc) is 2.67. The summed E-state index contributed by atoms with van der Waals surface area (Å²) in [4.78, 5) is 2.55. The standard InChI is InChI=1S/C12H22BrN3O/c1-9(10(2)13)12-11(17-5)8-14-16(12)7-6-15(3)4/h8-10H,6-7H2,1-5H3. The maximum atomic E-state index is 5.39. The summed E-state index contributed by atoms with van der Waals surface area (Å²) in [6.45, 7) is 6.19. The molecule has 98 valence electrons. The van der Waals surface area contributed by atoms with E-state index in [-0.39, 0.29) is 0 Å². The highest BCUT2D eigenvalue weighted by Crippen LogP contribution is 2.31. The Labute approximate surface area is 112 Å². The lowest BCUT2D eigenvalue weighted by molar-refractivity contribution is 0.362. The van der Waals surface area contributed by atoms with E-state index in [4.69, 9.17) is 4.74 Å². The highest BCUT2D eigenvalue weighted by atomic mass is 79.9. The Morgan fingerprint density at radius 3 is 2.59 bits per heavy atom. The van der Waals surface area contributed by atoms with Crippen LogP contribution in [0.5, 0.6) is 5.75 Å². The van der Waals surface area contributed by atoms with Crippen LogP contribution in [0, 0.1) is 0 Å². The molecule has 4 nitrogen and oxygen atoms in total. The summed E-state index contributed by atoms with van der Waals surface area (Å²) in [6, 6.07) is 0. The molecule has 0 saturated carbocycles. The van der Waals surface area contributed by atoms with Gasteiger partial charge in [-0.05, 0) is 14.1 Å². The van der Waals surface area contributed by atoms with Crippen molar-refractivity contribution in [3.8, 4) is 5.75 Å². The number of rotatable bonds is 6. The van der Waals surface area contributed by atoms with Crippen molar-refractivity contribution in [3.63, 3.8) is 0 Å². The summed E-state index contributed by atoms with van der Waals surface area (Å²) in [5, 5.41) is 4.41. The zero-order valence-electron chi connectivity index (χ0n) is 11.3. The summed E-state index contributed by atoms with van der Waals surface area (Å²) < 4.78 is 7.43. The summed E-state index contributed by atoms with van der Waals surface area (Å²) in [5.74, 6) is 1.25. The number of hydrogen-bond acceptors (Lipinski definition) is 3. The number of methoxy groups -OCH3 is 1. The minimum Gasteiger partial charge on any atom is -0.493 e. The summed E-state index contributed by atoms with van der Waals surface area (Å²) in [7, 11) is 5.83. The topological polar surface area (TPSA) is 30.3 Å². The number of halogens is 1. The zero-order chi connectivity index (χ0) is 13.0. The Morgan fingerprint density at radius 1 is 1.47 bits per heavy atom. The molecule has 0 amide bonds. The molecule has 0 bridgehead atoms. The molecular weight excluding hydrogens is 282 g/mol. The molecule has 1 rings (SSSR count). The molecule has 0 aliphatic heterocycles. The summed E-state index contributed by atoms with van der Waals surface area (Å²) in [5.41, 5.74) is 1.17. The van der Waals surface area contributed by atoms with E-state index >= 15 is 0 Å². The van der Waals surface area contributed by atoms with Gasteiger partial charge in [0.2, 0.25) is 0 Å². The van der Waals surface area contributed by atoms with Crippen molar-refractivity contribution in [2.45, 2.75) is 31.1 Å². The first-order chi connectivity index (χ1) is 7.97. The smallest absolute Gasteiger partial charge is 0.160 e. The molecule has 1 aromatic rings. The predicted molar refractivity (Wildman–Crippen MR) is 74.1 cm³/mol. The van der Waals surface area contributed by atoms with Crippen LogP contribution in [-0.2, 0) is 6.54 Å². The average molecular weight is 304 g/mol. The third-order valence-corrected chi connectivity index (χ3v) is 3.74. The maximum Gasteiger partial charge on any atom is 0.160 e. The minimum atomic E-state index is 0.370.